The summed E-state index contributed by atoms with van der Waals surface area (Å²) in [4.78, 5) is 13.1. The first-order valence-electron chi connectivity index (χ1n) is 5.77. The fourth-order valence-corrected chi connectivity index (χ4v) is 2.21. The van der Waals surface area contributed by atoms with Crippen molar-refractivity contribution in [3.63, 3.8) is 0 Å². The standard InChI is InChI=1S/C11H17N3O3/c1-11(2,10(15)16)14-5-3-8(4-6-14)9-7-12-13-17-9/h7-8H,3-6H2,1-2H3,(H,15,16). The minimum absolute atomic E-state index is 0.311. The Hall–Kier alpha value is -1.43. The largest absolute Gasteiger partial charge is 0.480 e. The summed E-state index contributed by atoms with van der Waals surface area (Å²) in [5, 5.41) is 16.3. The van der Waals surface area contributed by atoms with E-state index in [-0.39, 0.29) is 0 Å². The molecule has 17 heavy (non-hydrogen) atoms. The number of carbonyl (C=O) groups is 1. The van der Waals surface area contributed by atoms with E-state index in [2.05, 4.69) is 10.4 Å². The molecule has 1 saturated heterocycles. The van der Waals surface area contributed by atoms with Crippen LogP contribution in [-0.4, -0.2) is 45.0 Å². The van der Waals surface area contributed by atoms with E-state index in [0.29, 0.717) is 5.92 Å². The number of carboxylic acids is 1. The van der Waals surface area contributed by atoms with Crippen LogP contribution in [0.5, 0.6) is 0 Å². The monoisotopic (exact) mass is 239 g/mol. The first-order valence-corrected chi connectivity index (χ1v) is 5.77. The SMILES string of the molecule is CC(C)(C(=O)O)N1CCC(c2cnno2)CC1. The third-order valence-electron chi connectivity index (χ3n) is 3.59. The molecule has 0 aromatic carbocycles. The van der Waals surface area contributed by atoms with Gasteiger partial charge in [0.15, 0.2) is 5.76 Å². The van der Waals surface area contributed by atoms with E-state index in [1.54, 1.807) is 20.0 Å². The van der Waals surface area contributed by atoms with E-state index in [1.165, 1.54) is 0 Å². The van der Waals surface area contributed by atoms with Crippen LogP contribution in [0.1, 0.15) is 38.4 Å². The van der Waals surface area contributed by atoms with Gasteiger partial charge in [0.1, 0.15) is 5.54 Å². The van der Waals surface area contributed by atoms with Gasteiger partial charge in [-0.15, -0.1) is 5.10 Å². The Kier molecular flexibility index (Phi) is 3.15. The molecule has 1 aromatic rings. The number of rotatable bonds is 3. The molecule has 0 spiro atoms. The zero-order valence-corrected chi connectivity index (χ0v) is 10.1. The van der Waals surface area contributed by atoms with E-state index in [0.717, 1.165) is 31.7 Å². The van der Waals surface area contributed by atoms with E-state index in [4.69, 9.17) is 9.63 Å². The van der Waals surface area contributed by atoms with E-state index < -0.39 is 11.5 Å². The number of likely N-dealkylation sites (tertiary alicyclic amines) is 1. The molecule has 0 atom stereocenters. The van der Waals surface area contributed by atoms with Crippen LogP contribution >= 0.6 is 0 Å². The lowest BCUT2D eigenvalue weighted by Crippen LogP contribution is -2.52. The van der Waals surface area contributed by atoms with Gasteiger partial charge in [0.05, 0.1) is 6.20 Å². The van der Waals surface area contributed by atoms with E-state index in [1.807, 2.05) is 4.90 Å². The van der Waals surface area contributed by atoms with Crippen LogP contribution in [0.4, 0.5) is 0 Å². The molecule has 94 valence electrons. The average molecular weight is 239 g/mol. The van der Waals surface area contributed by atoms with E-state index in [9.17, 15) is 4.79 Å². The van der Waals surface area contributed by atoms with Gasteiger partial charge in [0.25, 0.3) is 0 Å². The quantitative estimate of drug-likeness (QED) is 0.851. The third-order valence-corrected chi connectivity index (χ3v) is 3.59. The van der Waals surface area contributed by atoms with Crippen LogP contribution in [-0.2, 0) is 4.79 Å². The lowest BCUT2D eigenvalue weighted by atomic mass is 9.91. The molecule has 0 unspecified atom stereocenters. The minimum Gasteiger partial charge on any atom is -0.480 e. The summed E-state index contributed by atoms with van der Waals surface area (Å²) < 4.78 is 5.05. The molecule has 0 saturated carbocycles. The zero-order valence-electron chi connectivity index (χ0n) is 10.1. The fourth-order valence-electron chi connectivity index (χ4n) is 2.21. The van der Waals surface area contributed by atoms with Crippen LogP contribution in [0, 0.1) is 0 Å². The van der Waals surface area contributed by atoms with Gasteiger partial charge in [-0.3, -0.25) is 9.69 Å². The smallest absolute Gasteiger partial charge is 0.323 e. The highest BCUT2D eigenvalue weighted by molar-refractivity contribution is 5.77. The molecular formula is C11H17N3O3. The second-order valence-electron chi connectivity index (χ2n) is 4.95. The maximum atomic E-state index is 11.2. The van der Waals surface area contributed by atoms with Gasteiger partial charge in [-0.2, -0.15) is 0 Å². The molecule has 1 aromatic heterocycles. The highest BCUT2D eigenvalue weighted by atomic mass is 16.5. The number of aliphatic carboxylic acids is 1. The predicted octanol–water partition coefficient (Wildman–Crippen LogP) is 1.11. The molecule has 1 aliphatic heterocycles. The normalized spacial score (nSPS) is 19.4. The van der Waals surface area contributed by atoms with Crippen LogP contribution in [0.2, 0.25) is 0 Å². The second kappa shape index (κ2) is 4.44. The lowest BCUT2D eigenvalue weighted by molar-refractivity contribution is -0.150. The van der Waals surface area contributed by atoms with Crippen molar-refractivity contribution in [1.29, 1.82) is 0 Å². The third kappa shape index (κ3) is 2.31. The van der Waals surface area contributed by atoms with Crippen molar-refractivity contribution < 1.29 is 14.4 Å². The van der Waals surface area contributed by atoms with Crippen LogP contribution in [0.15, 0.2) is 10.7 Å². The summed E-state index contributed by atoms with van der Waals surface area (Å²) in [5.41, 5.74) is -0.801. The van der Waals surface area contributed by atoms with Gasteiger partial charge in [0.2, 0.25) is 0 Å². The summed E-state index contributed by atoms with van der Waals surface area (Å²) in [5.74, 6) is 0.334. The summed E-state index contributed by atoms with van der Waals surface area (Å²) in [6, 6.07) is 0. The number of hydrogen-bond donors (Lipinski definition) is 1. The summed E-state index contributed by atoms with van der Waals surface area (Å²) >= 11 is 0. The summed E-state index contributed by atoms with van der Waals surface area (Å²) in [6.45, 7) is 4.99. The van der Waals surface area contributed by atoms with Crippen molar-refractivity contribution >= 4 is 5.97 Å². The van der Waals surface area contributed by atoms with Crippen LogP contribution in [0.3, 0.4) is 0 Å². The number of aromatic nitrogens is 2. The molecule has 1 fully saturated rings. The van der Waals surface area contributed by atoms with Crippen LogP contribution < -0.4 is 0 Å². The predicted molar refractivity (Wildman–Crippen MR) is 59.6 cm³/mol. The Balaban J connectivity index is 1.97. The van der Waals surface area contributed by atoms with Gasteiger partial charge >= 0.3 is 5.97 Å². The second-order valence-corrected chi connectivity index (χ2v) is 4.95. The number of carboxylic acid groups (broad SMARTS) is 1. The fraction of sp³-hybridized carbons (Fsp3) is 0.727. The Bertz CT molecular complexity index is 381. The van der Waals surface area contributed by atoms with Crippen molar-refractivity contribution in [1.82, 2.24) is 15.3 Å². The molecule has 0 amide bonds. The number of hydrogen-bond acceptors (Lipinski definition) is 5. The van der Waals surface area contributed by atoms with Gasteiger partial charge in [-0.05, 0) is 39.8 Å². The maximum absolute atomic E-state index is 11.2. The molecule has 0 radical (unpaired) electrons. The van der Waals surface area contributed by atoms with Crippen molar-refractivity contribution in [3.8, 4) is 0 Å². The highest BCUT2D eigenvalue weighted by Crippen LogP contribution is 2.30. The van der Waals surface area contributed by atoms with Gasteiger partial charge < -0.3 is 9.63 Å². The lowest BCUT2D eigenvalue weighted by Gasteiger charge is -2.39. The van der Waals surface area contributed by atoms with E-state index >= 15 is 0 Å². The molecule has 2 heterocycles. The molecule has 2 rings (SSSR count). The number of piperidine rings is 1. The van der Waals surface area contributed by atoms with Crippen molar-refractivity contribution in [3.05, 3.63) is 12.0 Å². The zero-order chi connectivity index (χ0) is 12.5. The Morgan fingerprint density at radius 1 is 1.53 bits per heavy atom. The first kappa shape index (κ1) is 12.0. The average Bonchev–Trinajstić information content (AvgIpc) is 2.82. The molecule has 6 heteroatoms. The van der Waals surface area contributed by atoms with Gasteiger partial charge in [-0.25, -0.2) is 0 Å². The summed E-state index contributed by atoms with van der Waals surface area (Å²) in [7, 11) is 0. The topological polar surface area (TPSA) is 79.5 Å². The van der Waals surface area contributed by atoms with Crippen molar-refractivity contribution in [2.75, 3.05) is 13.1 Å². The molecule has 1 aliphatic rings. The Morgan fingerprint density at radius 2 is 2.18 bits per heavy atom. The summed E-state index contributed by atoms with van der Waals surface area (Å²) in [6.07, 6.45) is 3.41. The molecule has 1 N–H and O–H groups in total. The van der Waals surface area contributed by atoms with Gasteiger partial charge in [0, 0.05) is 11.2 Å². The maximum Gasteiger partial charge on any atom is 0.323 e. The Labute approximate surface area is 99.6 Å². The molecule has 0 bridgehead atoms. The van der Waals surface area contributed by atoms with Crippen LogP contribution in [0.25, 0.3) is 0 Å². The van der Waals surface area contributed by atoms with Crippen molar-refractivity contribution in [2.45, 2.75) is 38.1 Å². The first-order chi connectivity index (χ1) is 8.01. The molecule has 6 nitrogen and oxygen atoms in total. The Morgan fingerprint density at radius 3 is 2.65 bits per heavy atom. The highest BCUT2D eigenvalue weighted by Gasteiger charge is 2.37. The van der Waals surface area contributed by atoms with Crippen molar-refractivity contribution in [2.24, 2.45) is 0 Å². The minimum atomic E-state index is -0.801. The number of nitrogens with zero attached hydrogens (tertiary/aromatic N) is 3. The molecule has 0 aliphatic carbocycles. The van der Waals surface area contributed by atoms with Gasteiger partial charge in [-0.1, -0.05) is 0 Å². The molecular weight excluding hydrogens is 222 g/mol.